The Morgan fingerprint density at radius 3 is 2.46 bits per heavy atom. The maximum absolute atomic E-state index is 12.3. The first-order chi connectivity index (χ1) is 13.5. The number of carbonyl (C=O) groups is 1. The Balaban J connectivity index is 1.57. The maximum atomic E-state index is 12.3. The minimum absolute atomic E-state index is 0.193. The topological polar surface area (TPSA) is 81.8 Å². The number of hydrogen-bond donors (Lipinski definition) is 1. The largest absolute Gasteiger partial charge is 0.350 e. The van der Waals surface area contributed by atoms with Crippen molar-refractivity contribution in [3.05, 3.63) is 75.5 Å². The number of nitrogens with one attached hydrogen (secondary N) is 1. The van der Waals surface area contributed by atoms with Crippen LogP contribution in [0.5, 0.6) is 0 Å². The first-order valence-electron chi connectivity index (χ1n) is 9.47. The monoisotopic (exact) mass is 379 g/mol. The standard InChI is InChI=1S/C21H25N5O2/c1-4-13-25-20(27)10-9-19(24-25)21(28)22-12-11-17-5-7-18(8-6-17)26-16(3)14-15(2)23-26/h5-10,14H,4,11-13H2,1-3H3,(H,22,28). The minimum Gasteiger partial charge on any atom is -0.350 e. The molecule has 0 spiro atoms. The molecule has 0 fully saturated rings. The van der Waals surface area contributed by atoms with E-state index in [0.29, 0.717) is 19.5 Å². The zero-order valence-corrected chi connectivity index (χ0v) is 16.5. The lowest BCUT2D eigenvalue weighted by molar-refractivity contribution is 0.0946. The number of aryl methyl sites for hydroxylation is 3. The van der Waals surface area contributed by atoms with Crippen LogP contribution in [0.1, 0.15) is 40.8 Å². The van der Waals surface area contributed by atoms with Gasteiger partial charge < -0.3 is 5.32 Å². The molecule has 7 heteroatoms. The van der Waals surface area contributed by atoms with Crippen LogP contribution in [-0.2, 0) is 13.0 Å². The van der Waals surface area contributed by atoms with Crippen molar-refractivity contribution in [2.45, 2.75) is 40.2 Å². The van der Waals surface area contributed by atoms with E-state index in [2.05, 4.69) is 15.5 Å². The van der Waals surface area contributed by atoms with Crippen LogP contribution in [0.15, 0.2) is 47.3 Å². The SMILES string of the molecule is CCCn1nc(C(=O)NCCc2ccc(-n3nc(C)cc3C)cc2)ccc1=O. The minimum atomic E-state index is -0.274. The number of aromatic nitrogens is 4. The third-order valence-corrected chi connectivity index (χ3v) is 4.42. The molecule has 1 aromatic carbocycles. The summed E-state index contributed by atoms with van der Waals surface area (Å²) in [6.45, 7) is 6.96. The molecule has 0 radical (unpaired) electrons. The molecule has 2 aromatic heterocycles. The number of hydrogen-bond acceptors (Lipinski definition) is 4. The average molecular weight is 379 g/mol. The summed E-state index contributed by atoms with van der Waals surface area (Å²) in [6.07, 6.45) is 1.49. The summed E-state index contributed by atoms with van der Waals surface area (Å²) in [6, 6.07) is 13.0. The van der Waals surface area contributed by atoms with E-state index in [4.69, 9.17) is 0 Å². The van der Waals surface area contributed by atoms with E-state index in [9.17, 15) is 9.59 Å². The Labute approximate surface area is 164 Å². The molecule has 2 heterocycles. The summed E-state index contributed by atoms with van der Waals surface area (Å²) in [5.74, 6) is -0.274. The molecular weight excluding hydrogens is 354 g/mol. The van der Waals surface area contributed by atoms with Crippen molar-refractivity contribution in [1.29, 1.82) is 0 Å². The van der Waals surface area contributed by atoms with Crippen molar-refractivity contribution in [1.82, 2.24) is 24.9 Å². The fraction of sp³-hybridized carbons (Fsp3) is 0.333. The zero-order valence-electron chi connectivity index (χ0n) is 16.5. The van der Waals surface area contributed by atoms with Crippen molar-refractivity contribution < 1.29 is 4.79 Å². The van der Waals surface area contributed by atoms with Gasteiger partial charge >= 0.3 is 0 Å². The third kappa shape index (κ3) is 4.54. The molecule has 0 aliphatic rings. The fourth-order valence-electron chi connectivity index (χ4n) is 3.05. The molecule has 0 unspecified atom stereocenters. The highest BCUT2D eigenvalue weighted by molar-refractivity contribution is 5.91. The van der Waals surface area contributed by atoms with Gasteiger partial charge in [-0.05, 0) is 56.5 Å². The molecule has 7 nitrogen and oxygen atoms in total. The number of carbonyl (C=O) groups excluding carboxylic acids is 1. The molecule has 0 saturated carbocycles. The molecule has 146 valence electrons. The van der Waals surface area contributed by atoms with Gasteiger partial charge in [-0.2, -0.15) is 10.2 Å². The summed E-state index contributed by atoms with van der Waals surface area (Å²) in [4.78, 5) is 24.0. The van der Waals surface area contributed by atoms with Crippen molar-refractivity contribution >= 4 is 5.91 Å². The Morgan fingerprint density at radius 1 is 1.07 bits per heavy atom. The molecule has 3 aromatic rings. The van der Waals surface area contributed by atoms with Gasteiger partial charge in [-0.1, -0.05) is 19.1 Å². The van der Waals surface area contributed by atoms with Crippen LogP contribution in [-0.4, -0.2) is 32.0 Å². The first kappa shape index (κ1) is 19.5. The molecule has 28 heavy (non-hydrogen) atoms. The van der Waals surface area contributed by atoms with Gasteiger partial charge in [-0.3, -0.25) is 9.59 Å². The van der Waals surface area contributed by atoms with Crippen LogP contribution >= 0.6 is 0 Å². The Bertz CT molecular complexity index is 1020. The quantitative estimate of drug-likeness (QED) is 0.684. The molecule has 3 rings (SSSR count). The average Bonchev–Trinajstić information content (AvgIpc) is 3.02. The number of nitrogens with zero attached hydrogens (tertiary/aromatic N) is 4. The smallest absolute Gasteiger partial charge is 0.271 e. The van der Waals surface area contributed by atoms with Gasteiger partial charge in [0.1, 0.15) is 5.69 Å². The van der Waals surface area contributed by atoms with Gasteiger partial charge in [0, 0.05) is 24.8 Å². The second-order valence-electron chi connectivity index (χ2n) is 6.79. The van der Waals surface area contributed by atoms with E-state index in [1.807, 2.05) is 55.8 Å². The van der Waals surface area contributed by atoms with Crippen LogP contribution in [0.4, 0.5) is 0 Å². The molecule has 0 aliphatic heterocycles. The highest BCUT2D eigenvalue weighted by atomic mass is 16.2. The van der Waals surface area contributed by atoms with Gasteiger partial charge in [0.25, 0.3) is 11.5 Å². The lowest BCUT2D eigenvalue weighted by Gasteiger charge is -2.08. The van der Waals surface area contributed by atoms with E-state index >= 15 is 0 Å². The highest BCUT2D eigenvalue weighted by Gasteiger charge is 2.09. The van der Waals surface area contributed by atoms with E-state index in [1.165, 1.54) is 16.8 Å². The molecule has 0 atom stereocenters. The van der Waals surface area contributed by atoms with Crippen molar-refractivity contribution in [2.24, 2.45) is 0 Å². The number of amides is 1. The molecule has 1 N–H and O–H groups in total. The van der Waals surface area contributed by atoms with Crippen molar-refractivity contribution in [2.75, 3.05) is 6.54 Å². The van der Waals surface area contributed by atoms with Gasteiger partial charge in [-0.25, -0.2) is 9.36 Å². The summed E-state index contributed by atoms with van der Waals surface area (Å²) in [7, 11) is 0. The molecular formula is C21H25N5O2. The van der Waals surface area contributed by atoms with E-state index in [-0.39, 0.29) is 17.2 Å². The molecule has 1 amide bonds. The van der Waals surface area contributed by atoms with E-state index < -0.39 is 0 Å². The van der Waals surface area contributed by atoms with Gasteiger partial charge in [0.2, 0.25) is 0 Å². The lowest BCUT2D eigenvalue weighted by atomic mass is 10.1. The normalized spacial score (nSPS) is 10.8. The Hall–Kier alpha value is -3.22. The predicted molar refractivity (Wildman–Crippen MR) is 108 cm³/mol. The van der Waals surface area contributed by atoms with Gasteiger partial charge in [0.05, 0.1) is 11.4 Å². The van der Waals surface area contributed by atoms with Gasteiger partial charge in [0.15, 0.2) is 0 Å². The third-order valence-electron chi connectivity index (χ3n) is 4.42. The molecule has 0 bridgehead atoms. The van der Waals surface area contributed by atoms with Crippen LogP contribution in [0.25, 0.3) is 5.69 Å². The number of benzene rings is 1. The van der Waals surface area contributed by atoms with E-state index in [1.54, 1.807) is 0 Å². The summed E-state index contributed by atoms with van der Waals surface area (Å²) >= 11 is 0. The highest BCUT2D eigenvalue weighted by Crippen LogP contribution is 2.13. The zero-order chi connectivity index (χ0) is 20.1. The summed E-state index contributed by atoms with van der Waals surface area (Å²) < 4.78 is 3.24. The summed E-state index contributed by atoms with van der Waals surface area (Å²) in [5, 5.41) is 11.5. The Kier molecular flexibility index (Phi) is 6.03. The molecule has 0 aliphatic carbocycles. The predicted octanol–water partition coefficient (Wildman–Crippen LogP) is 2.43. The maximum Gasteiger partial charge on any atom is 0.271 e. The second-order valence-corrected chi connectivity index (χ2v) is 6.79. The second kappa shape index (κ2) is 8.65. The van der Waals surface area contributed by atoms with Gasteiger partial charge in [-0.15, -0.1) is 0 Å². The lowest BCUT2D eigenvalue weighted by Crippen LogP contribution is -2.30. The number of rotatable bonds is 7. The first-order valence-corrected chi connectivity index (χ1v) is 9.47. The van der Waals surface area contributed by atoms with Crippen molar-refractivity contribution in [3.8, 4) is 5.69 Å². The van der Waals surface area contributed by atoms with E-state index in [0.717, 1.165) is 29.1 Å². The summed E-state index contributed by atoms with van der Waals surface area (Å²) in [5.41, 5.74) is 4.28. The van der Waals surface area contributed by atoms with Crippen LogP contribution in [0.3, 0.4) is 0 Å². The van der Waals surface area contributed by atoms with Crippen LogP contribution in [0.2, 0.25) is 0 Å². The van der Waals surface area contributed by atoms with Crippen molar-refractivity contribution in [3.63, 3.8) is 0 Å². The Morgan fingerprint density at radius 2 is 1.82 bits per heavy atom. The van der Waals surface area contributed by atoms with Crippen LogP contribution < -0.4 is 10.9 Å². The fourth-order valence-corrected chi connectivity index (χ4v) is 3.05. The van der Waals surface area contributed by atoms with Crippen LogP contribution in [0, 0.1) is 13.8 Å². The molecule has 0 saturated heterocycles.